The second-order valence-corrected chi connectivity index (χ2v) is 8.85. The molecule has 0 aromatic heterocycles. The highest BCUT2D eigenvalue weighted by atomic mass is 14.8. The quantitative estimate of drug-likeness (QED) is 0.631. The Balaban J connectivity index is 1.71. The first-order chi connectivity index (χ1) is 9.61. The lowest BCUT2D eigenvalue weighted by Crippen LogP contribution is -2.71. The molecule has 7 aliphatic carbocycles. The van der Waals surface area contributed by atoms with Crippen LogP contribution in [0.4, 0.5) is 0 Å². The maximum absolute atomic E-state index is 4.33. The van der Waals surface area contributed by atoms with Crippen molar-refractivity contribution in [1.29, 1.82) is 0 Å². The number of hydrogen-bond acceptors (Lipinski definition) is 0. The molecule has 4 unspecified atom stereocenters. The second kappa shape index (κ2) is 3.18. The summed E-state index contributed by atoms with van der Waals surface area (Å²) in [5.74, 6) is 4.72. The zero-order valence-electron chi connectivity index (χ0n) is 12.5. The van der Waals surface area contributed by atoms with Gasteiger partial charge in [-0.1, -0.05) is 18.2 Å². The standard InChI is InChI=1S/C20H26/c1-4-18-7-13-14-8-19(5-2)9-15(13)17(11-18)20(6-3,12-19)16(14)10-18/h4-6,13-17H,1-3,7-12H2. The smallest absolute Gasteiger partial charge is 0.00501 e. The predicted octanol–water partition coefficient (Wildman–Crippen LogP) is 4.99. The van der Waals surface area contributed by atoms with Crippen LogP contribution in [0.5, 0.6) is 0 Å². The highest BCUT2D eigenvalue weighted by Gasteiger charge is 2.73. The topological polar surface area (TPSA) is 0 Å². The summed E-state index contributed by atoms with van der Waals surface area (Å²) in [6.07, 6.45) is 15.5. The predicted molar refractivity (Wildman–Crippen MR) is 83.0 cm³/mol. The molecular formula is C20H26. The van der Waals surface area contributed by atoms with E-state index in [4.69, 9.17) is 0 Å². The zero-order valence-corrected chi connectivity index (χ0v) is 12.5. The average Bonchev–Trinajstić information content (AvgIpc) is 2.51. The van der Waals surface area contributed by atoms with Crippen molar-refractivity contribution in [2.75, 3.05) is 0 Å². The highest BCUT2D eigenvalue weighted by molar-refractivity contribution is 5.30. The lowest BCUT2D eigenvalue weighted by atomic mass is 9.26. The van der Waals surface area contributed by atoms with Crippen molar-refractivity contribution in [2.45, 2.75) is 38.5 Å². The van der Waals surface area contributed by atoms with Crippen LogP contribution in [0, 0.1) is 45.8 Å². The Kier molecular flexibility index (Phi) is 1.88. The fourth-order valence-electron chi connectivity index (χ4n) is 8.06. The van der Waals surface area contributed by atoms with Crippen LogP contribution in [0.1, 0.15) is 38.5 Å². The first-order valence-corrected chi connectivity index (χ1v) is 8.52. The molecule has 0 amide bonds. The Morgan fingerprint density at radius 2 is 1.20 bits per heavy atom. The molecule has 0 saturated heterocycles. The van der Waals surface area contributed by atoms with Gasteiger partial charge in [-0.25, -0.2) is 0 Å². The molecule has 7 saturated carbocycles. The Hall–Kier alpha value is -0.780. The molecule has 106 valence electrons. The summed E-state index contributed by atoms with van der Waals surface area (Å²) in [5.41, 5.74) is 1.40. The Labute approximate surface area is 123 Å². The SMILES string of the molecule is C=CC12CC3C4CC5(C=C)CC3C(C1)C(C=C)(C5)C4C2. The fourth-order valence-corrected chi connectivity index (χ4v) is 8.06. The zero-order chi connectivity index (χ0) is 13.8. The maximum Gasteiger partial charge on any atom is -0.00501 e. The first-order valence-electron chi connectivity index (χ1n) is 8.52. The van der Waals surface area contributed by atoms with E-state index in [1.54, 1.807) is 0 Å². The van der Waals surface area contributed by atoms with Crippen LogP contribution in [-0.4, -0.2) is 0 Å². The van der Waals surface area contributed by atoms with Crippen molar-refractivity contribution < 1.29 is 0 Å². The van der Waals surface area contributed by atoms with E-state index in [-0.39, 0.29) is 0 Å². The molecule has 20 heavy (non-hydrogen) atoms. The number of allylic oxidation sites excluding steroid dienone is 3. The number of hydrogen-bond donors (Lipinski definition) is 0. The molecule has 0 N–H and O–H groups in total. The maximum atomic E-state index is 4.33. The van der Waals surface area contributed by atoms with Gasteiger partial charge in [-0.3, -0.25) is 0 Å². The van der Waals surface area contributed by atoms with Gasteiger partial charge < -0.3 is 0 Å². The third-order valence-electron chi connectivity index (χ3n) is 8.60. The van der Waals surface area contributed by atoms with Crippen LogP contribution in [0.3, 0.4) is 0 Å². The fraction of sp³-hybridized carbons (Fsp3) is 0.700. The van der Waals surface area contributed by atoms with Crippen molar-refractivity contribution in [3.05, 3.63) is 38.0 Å². The summed E-state index contributed by atoms with van der Waals surface area (Å²) in [4.78, 5) is 0. The molecule has 8 bridgehead atoms. The van der Waals surface area contributed by atoms with Crippen molar-refractivity contribution in [3.8, 4) is 0 Å². The van der Waals surface area contributed by atoms with Gasteiger partial charge in [0.1, 0.15) is 0 Å². The number of rotatable bonds is 3. The van der Waals surface area contributed by atoms with Gasteiger partial charge >= 0.3 is 0 Å². The van der Waals surface area contributed by atoms with Crippen LogP contribution in [-0.2, 0) is 0 Å². The van der Waals surface area contributed by atoms with E-state index in [0.717, 1.165) is 29.6 Å². The van der Waals surface area contributed by atoms with E-state index in [9.17, 15) is 0 Å². The van der Waals surface area contributed by atoms with Gasteiger partial charge in [-0.15, -0.1) is 19.7 Å². The van der Waals surface area contributed by atoms with E-state index in [2.05, 4.69) is 38.0 Å². The molecule has 4 atom stereocenters. The van der Waals surface area contributed by atoms with E-state index >= 15 is 0 Å². The molecule has 0 aromatic rings. The molecule has 7 rings (SSSR count). The monoisotopic (exact) mass is 266 g/mol. The highest BCUT2D eigenvalue weighted by Crippen LogP contribution is 2.81. The molecule has 7 aliphatic rings. The van der Waals surface area contributed by atoms with Crippen LogP contribution < -0.4 is 0 Å². The van der Waals surface area contributed by atoms with Gasteiger partial charge in [0.05, 0.1) is 0 Å². The molecule has 0 aliphatic heterocycles. The lowest BCUT2D eigenvalue weighted by Gasteiger charge is -2.78. The van der Waals surface area contributed by atoms with Gasteiger partial charge in [0.25, 0.3) is 0 Å². The Morgan fingerprint density at radius 3 is 1.70 bits per heavy atom. The largest absolute Gasteiger partial charge is 0.103 e. The molecule has 0 heteroatoms. The average molecular weight is 266 g/mol. The molecule has 7 fully saturated rings. The first kappa shape index (κ1) is 11.8. The third kappa shape index (κ3) is 1.00. The Morgan fingerprint density at radius 1 is 0.650 bits per heavy atom. The van der Waals surface area contributed by atoms with E-state index in [0.29, 0.717) is 16.2 Å². The van der Waals surface area contributed by atoms with Crippen molar-refractivity contribution in [2.24, 2.45) is 45.8 Å². The molecule has 0 heterocycles. The van der Waals surface area contributed by atoms with Crippen LogP contribution in [0.2, 0.25) is 0 Å². The minimum atomic E-state index is 0.448. The molecule has 0 radical (unpaired) electrons. The molecular weight excluding hydrogens is 240 g/mol. The van der Waals surface area contributed by atoms with Crippen molar-refractivity contribution in [1.82, 2.24) is 0 Å². The van der Waals surface area contributed by atoms with Crippen molar-refractivity contribution in [3.63, 3.8) is 0 Å². The third-order valence-corrected chi connectivity index (χ3v) is 8.60. The summed E-state index contributed by atoms with van der Waals surface area (Å²) in [5, 5.41) is 0. The minimum Gasteiger partial charge on any atom is -0.103 e. The van der Waals surface area contributed by atoms with Gasteiger partial charge in [-0.05, 0) is 84.4 Å². The van der Waals surface area contributed by atoms with Crippen LogP contribution in [0.15, 0.2) is 38.0 Å². The summed E-state index contributed by atoms with van der Waals surface area (Å²) in [6, 6.07) is 0. The molecule has 0 spiro atoms. The molecule has 0 aromatic carbocycles. The van der Waals surface area contributed by atoms with Gasteiger partial charge in [0.15, 0.2) is 0 Å². The van der Waals surface area contributed by atoms with Crippen LogP contribution >= 0.6 is 0 Å². The summed E-state index contributed by atoms with van der Waals surface area (Å²) >= 11 is 0. The normalized spacial score (nSPS) is 64.5. The minimum absolute atomic E-state index is 0.448. The van der Waals surface area contributed by atoms with Gasteiger partial charge in [0, 0.05) is 0 Å². The van der Waals surface area contributed by atoms with Gasteiger partial charge in [0.2, 0.25) is 0 Å². The summed E-state index contributed by atoms with van der Waals surface area (Å²) in [6.45, 7) is 12.8. The van der Waals surface area contributed by atoms with Crippen molar-refractivity contribution >= 4 is 0 Å². The molecule has 0 nitrogen and oxygen atoms in total. The summed E-state index contributed by atoms with van der Waals surface area (Å²) < 4.78 is 0. The van der Waals surface area contributed by atoms with Gasteiger partial charge in [-0.2, -0.15) is 0 Å². The summed E-state index contributed by atoms with van der Waals surface area (Å²) in [7, 11) is 0. The Bertz CT molecular complexity index is 500. The van der Waals surface area contributed by atoms with E-state index in [1.165, 1.54) is 38.5 Å². The van der Waals surface area contributed by atoms with Crippen LogP contribution in [0.25, 0.3) is 0 Å². The van der Waals surface area contributed by atoms with E-state index < -0.39 is 0 Å². The lowest BCUT2D eigenvalue weighted by molar-refractivity contribution is -0.267. The van der Waals surface area contributed by atoms with E-state index in [1.807, 2.05) is 0 Å². The second-order valence-electron chi connectivity index (χ2n) is 8.85.